The number of carbonyl (C=O) groups is 1. The lowest BCUT2D eigenvalue weighted by Crippen LogP contribution is -2.24. The minimum absolute atomic E-state index is 0.347. The van der Waals surface area contributed by atoms with E-state index in [2.05, 4.69) is 18.0 Å². The number of nitrogens with zero attached hydrogens (tertiary/aromatic N) is 1. The van der Waals surface area contributed by atoms with Gasteiger partial charge in [-0.3, -0.25) is 0 Å². The molecule has 1 heterocycles. The van der Waals surface area contributed by atoms with Crippen LogP contribution in [0.5, 0.6) is 5.75 Å². The van der Waals surface area contributed by atoms with Crippen LogP contribution in [0.3, 0.4) is 0 Å². The van der Waals surface area contributed by atoms with E-state index in [0.29, 0.717) is 31.9 Å². The molecule has 1 aromatic heterocycles. The fraction of sp³-hybridized carbons (Fsp3) is 0.357. The van der Waals surface area contributed by atoms with E-state index in [0.717, 1.165) is 52.3 Å². The maximum Gasteiger partial charge on any atom is 0.333 e. The molecule has 0 fully saturated rings. The van der Waals surface area contributed by atoms with Gasteiger partial charge in [0.15, 0.2) is 6.10 Å². The van der Waals surface area contributed by atoms with Crippen molar-refractivity contribution >= 4 is 11.5 Å². The predicted molar refractivity (Wildman–Crippen MR) is 131 cm³/mol. The molecule has 2 aromatic carbocycles. The summed E-state index contributed by atoms with van der Waals surface area (Å²) < 4.78 is 17.5. The second kappa shape index (κ2) is 10.7. The van der Waals surface area contributed by atoms with E-state index in [4.69, 9.17) is 13.9 Å². The van der Waals surface area contributed by atoms with Gasteiger partial charge in [-0.2, -0.15) is 0 Å². The fourth-order valence-corrected chi connectivity index (χ4v) is 4.31. The van der Waals surface area contributed by atoms with Crippen LogP contribution in [0, 0.1) is 13.8 Å². The Morgan fingerprint density at radius 2 is 1.97 bits per heavy atom. The van der Waals surface area contributed by atoms with Gasteiger partial charge in [-0.15, -0.1) is 0 Å². The minimum Gasteiger partial charge on any atom is -0.493 e. The highest BCUT2D eigenvalue weighted by Gasteiger charge is 2.24. The molecule has 3 aromatic rings. The Labute approximate surface area is 200 Å². The van der Waals surface area contributed by atoms with Crippen LogP contribution < -0.4 is 4.74 Å². The molecule has 1 N–H and O–H groups in total. The number of aryl methyl sites for hydroxylation is 2. The van der Waals surface area contributed by atoms with E-state index in [1.807, 2.05) is 56.3 Å². The maximum absolute atomic E-state index is 11.6. The second-order valence-electron chi connectivity index (χ2n) is 8.52. The van der Waals surface area contributed by atoms with Gasteiger partial charge in [0, 0.05) is 30.6 Å². The Morgan fingerprint density at radius 1 is 1.18 bits per heavy atom. The van der Waals surface area contributed by atoms with Gasteiger partial charge < -0.3 is 19.0 Å². The van der Waals surface area contributed by atoms with Crippen molar-refractivity contribution in [3.8, 4) is 17.2 Å². The van der Waals surface area contributed by atoms with Crippen LogP contribution in [0.2, 0.25) is 0 Å². The summed E-state index contributed by atoms with van der Waals surface area (Å²) in [7, 11) is 0. The molecule has 6 heteroatoms. The molecule has 0 spiro atoms. The summed E-state index contributed by atoms with van der Waals surface area (Å²) in [6, 6.07) is 14.1. The van der Waals surface area contributed by atoms with Gasteiger partial charge in [0.2, 0.25) is 5.89 Å². The van der Waals surface area contributed by atoms with Crippen LogP contribution in [-0.2, 0) is 22.4 Å². The van der Waals surface area contributed by atoms with Crippen LogP contribution in [-0.4, -0.2) is 35.4 Å². The van der Waals surface area contributed by atoms with Crippen LogP contribution in [0.1, 0.15) is 47.9 Å². The van der Waals surface area contributed by atoms with Crippen LogP contribution in [0.15, 0.2) is 53.0 Å². The molecule has 0 aliphatic heterocycles. The van der Waals surface area contributed by atoms with Gasteiger partial charge >= 0.3 is 5.97 Å². The lowest BCUT2D eigenvalue weighted by Gasteiger charge is -2.23. The van der Waals surface area contributed by atoms with Crippen molar-refractivity contribution in [2.24, 2.45) is 0 Å². The third kappa shape index (κ3) is 5.39. The molecular formula is C28H31NO5. The number of carboxylic acids is 1. The zero-order chi connectivity index (χ0) is 24.1. The maximum atomic E-state index is 11.6. The normalized spacial score (nSPS) is 13.8. The number of allylic oxidation sites excluding steroid dienone is 1. The van der Waals surface area contributed by atoms with Crippen LogP contribution >= 0.6 is 0 Å². The highest BCUT2D eigenvalue weighted by Crippen LogP contribution is 2.35. The predicted octanol–water partition coefficient (Wildman–Crippen LogP) is 5.79. The molecule has 34 heavy (non-hydrogen) atoms. The minimum atomic E-state index is -0.935. The molecule has 1 unspecified atom stereocenters. The summed E-state index contributed by atoms with van der Waals surface area (Å²) in [6.45, 7) is 6.64. The molecule has 1 aliphatic carbocycles. The van der Waals surface area contributed by atoms with Gasteiger partial charge in [0.25, 0.3) is 0 Å². The van der Waals surface area contributed by atoms with Crippen LogP contribution in [0.4, 0.5) is 0 Å². The lowest BCUT2D eigenvalue weighted by atomic mass is 9.87. The first-order chi connectivity index (χ1) is 16.5. The molecule has 0 saturated heterocycles. The Kier molecular flexibility index (Phi) is 7.48. The van der Waals surface area contributed by atoms with E-state index in [9.17, 15) is 9.90 Å². The SMILES string of the molecule is CCOC(CC1=CCCc2c(OCCc3nc(-c4ccc(C)cc4)oc3C)cccc21)C(=O)O. The first-order valence-corrected chi connectivity index (χ1v) is 11.8. The van der Waals surface area contributed by atoms with E-state index in [1.165, 1.54) is 5.56 Å². The van der Waals surface area contributed by atoms with Gasteiger partial charge in [0.05, 0.1) is 12.3 Å². The lowest BCUT2D eigenvalue weighted by molar-refractivity contribution is -0.149. The molecule has 6 nitrogen and oxygen atoms in total. The standard InChI is InChI=1S/C28H31NO5/c1-4-32-26(28(30)31)17-21-7-5-9-23-22(21)8-6-10-25(23)33-16-15-24-19(3)34-27(29-24)20-13-11-18(2)12-14-20/h6-8,10-14,26H,4-5,9,15-17H2,1-3H3,(H,30,31). The van der Waals surface area contributed by atoms with E-state index in [1.54, 1.807) is 0 Å². The van der Waals surface area contributed by atoms with E-state index >= 15 is 0 Å². The highest BCUT2D eigenvalue weighted by molar-refractivity contribution is 5.79. The highest BCUT2D eigenvalue weighted by atomic mass is 16.5. The molecule has 178 valence electrons. The van der Waals surface area contributed by atoms with E-state index < -0.39 is 12.1 Å². The Balaban J connectivity index is 1.44. The number of benzene rings is 2. The summed E-state index contributed by atoms with van der Waals surface area (Å²) in [5.41, 5.74) is 6.22. The molecule has 1 aliphatic rings. The van der Waals surface area contributed by atoms with Crippen molar-refractivity contribution in [2.75, 3.05) is 13.2 Å². The zero-order valence-electron chi connectivity index (χ0n) is 20.0. The van der Waals surface area contributed by atoms with Crippen LogP contribution in [0.25, 0.3) is 17.0 Å². The Morgan fingerprint density at radius 3 is 2.71 bits per heavy atom. The molecular weight excluding hydrogens is 430 g/mol. The van der Waals surface area contributed by atoms with Gasteiger partial charge in [0.1, 0.15) is 11.5 Å². The number of aromatic nitrogens is 1. The molecule has 0 amide bonds. The smallest absolute Gasteiger partial charge is 0.333 e. The Hall–Kier alpha value is -3.38. The third-order valence-electron chi connectivity index (χ3n) is 6.10. The second-order valence-corrected chi connectivity index (χ2v) is 8.52. The third-order valence-corrected chi connectivity index (χ3v) is 6.10. The largest absolute Gasteiger partial charge is 0.493 e. The fourth-order valence-electron chi connectivity index (χ4n) is 4.31. The number of hydrogen-bond donors (Lipinski definition) is 1. The number of fused-ring (bicyclic) bond motifs is 1. The average molecular weight is 462 g/mol. The van der Waals surface area contributed by atoms with Crippen molar-refractivity contribution in [2.45, 2.75) is 52.6 Å². The molecule has 0 bridgehead atoms. The van der Waals surface area contributed by atoms with Gasteiger partial charge in [-0.1, -0.05) is 35.9 Å². The quantitative estimate of drug-likeness (QED) is 0.412. The number of hydrogen-bond acceptors (Lipinski definition) is 5. The molecule has 0 saturated carbocycles. The first kappa shape index (κ1) is 23.8. The first-order valence-electron chi connectivity index (χ1n) is 11.8. The number of oxazole rings is 1. The van der Waals surface area contributed by atoms with Crippen molar-refractivity contribution in [3.63, 3.8) is 0 Å². The summed E-state index contributed by atoms with van der Waals surface area (Å²) in [4.78, 5) is 16.2. The molecule has 4 rings (SSSR count). The number of ether oxygens (including phenoxy) is 2. The summed E-state index contributed by atoms with van der Waals surface area (Å²) in [5, 5.41) is 9.48. The topological polar surface area (TPSA) is 81.8 Å². The summed E-state index contributed by atoms with van der Waals surface area (Å²) >= 11 is 0. The van der Waals surface area contributed by atoms with Gasteiger partial charge in [-0.05, 0) is 62.9 Å². The summed E-state index contributed by atoms with van der Waals surface area (Å²) in [6.07, 6.45) is 3.97. The van der Waals surface area contributed by atoms with Crippen molar-refractivity contribution < 1.29 is 23.8 Å². The molecule has 1 atom stereocenters. The molecule has 0 radical (unpaired) electrons. The van der Waals surface area contributed by atoms with Crippen molar-refractivity contribution in [1.29, 1.82) is 0 Å². The van der Waals surface area contributed by atoms with Crippen molar-refractivity contribution in [1.82, 2.24) is 4.98 Å². The number of rotatable bonds is 10. The monoisotopic (exact) mass is 461 g/mol. The average Bonchev–Trinajstić information content (AvgIpc) is 3.20. The van der Waals surface area contributed by atoms with E-state index in [-0.39, 0.29) is 0 Å². The number of aliphatic carboxylic acids is 1. The number of carboxylic acid groups (broad SMARTS) is 1. The van der Waals surface area contributed by atoms with Crippen molar-refractivity contribution in [3.05, 3.63) is 76.7 Å². The van der Waals surface area contributed by atoms with Gasteiger partial charge in [-0.25, -0.2) is 9.78 Å². The zero-order valence-corrected chi connectivity index (χ0v) is 20.0. The Bertz CT molecular complexity index is 1180. The summed E-state index contributed by atoms with van der Waals surface area (Å²) in [5.74, 6) is 1.33.